The average molecular weight is 380 g/mol. The van der Waals surface area contributed by atoms with Gasteiger partial charge in [0.15, 0.2) is 5.96 Å². The van der Waals surface area contributed by atoms with Crippen molar-refractivity contribution in [3.05, 3.63) is 24.2 Å². The molecule has 0 radical (unpaired) electrons. The van der Waals surface area contributed by atoms with Crippen molar-refractivity contribution in [2.75, 3.05) is 19.6 Å². The lowest BCUT2D eigenvalue weighted by atomic mass is 10.4. The number of rotatable bonds is 6. The Labute approximate surface area is 130 Å². The van der Waals surface area contributed by atoms with Crippen LogP contribution in [0.1, 0.15) is 19.6 Å². The second-order valence-electron chi connectivity index (χ2n) is 3.58. The van der Waals surface area contributed by atoms with E-state index in [1.165, 1.54) is 0 Å². The third-order valence-corrected chi connectivity index (χ3v) is 2.11. The number of aliphatic imine (C=N–C) groups is 1. The Morgan fingerprint density at radius 3 is 2.47 bits per heavy atom. The molecule has 0 spiro atoms. The molecule has 0 saturated carbocycles. The minimum Gasteiger partial charge on any atom is -0.467 e. The van der Waals surface area contributed by atoms with Crippen LogP contribution in [0.2, 0.25) is 0 Å². The quantitative estimate of drug-likeness (QED) is 0.392. The van der Waals surface area contributed by atoms with Crippen LogP contribution in [0.25, 0.3) is 0 Å². The van der Waals surface area contributed by atoms with Gasteiger partial charge in [-0.3, -0.25) is 4.79 Å². The van der Waals surface area contributed by atoms with Gasteiger partial charge in [0.05, 0.1) is 12.8 Å². The fraction of sp³-hybridized carbons (Fsp3) is 0.500. The van der Waals surface area contributed by atoms with Gasteiger partial charge < -0.3 is 20.4 Å². The summed E-state index contributed by atoms with van der Waals surface area (Å²) in [7, 11) is 0. The molecule has 1 aromatic rings. The van der Waals surface area contributed by atoms with E-state index in [0.29, 0.717) is 12.5 Å². The Bertz CT molecular complexity index is 371. The van der Waals surface area contributed by atoms with Gasteiger partial charge in [0.25, 0.3) is 0 Å². The second-order valence-corrected chi connectivity index (χ2v) is 3.58. The smallest absolute Gasteiger partial charge is 0.242 e. The molecule has 0 aliphatic rings. The van der Waals surface area contributed by atoms with Crippen LogP contribution in [-0.4, -0.2) is 31.5 Å². The molecule has 19 heavy (non-hydrogen) atoms. The fourth-order valence-electron chi connectivity index (χ4n) is 1.31. The van der Waals surface area contributed by atoms with E-state index >= 15 is 0 Å². The van der Waals surface area contributed by atoms with Gasteiger partial charge in [0.1, 0.15) is 12.3 Å². The van der Waals surface area contributed by atoms with Crippen LogP contribution in [0, 0.1) is 0 Å². The average Bonchev–Trinajstić information content (AvgIpc) is 2.87. The minimum atomic E-state index is -0.139. The van der Waals surface area contributed by atoms with Crippen LogP contribution < -0.4 is 16.0 Å². The number of halogens is 1. The Morgan fingerprint density at radius 2 is 1.95 bits per heavy atom. The van der Waals surface area contributed by atoms with Gasteiger partial charge in [-0.1, -0.05) is 0 Å². The number of carbonyl (C=O) groups excluding carboxylic acids is 1. The molecule has 0 unspecified atom stereocenters. The van der Waals surface area contributed by atoms with Crippen molar-refractivity contribution in [1.82, 2.24) is 16.0 Å². The normalized spacial score (nSPS) is 9.16. The van der Waals surface area contributed by atoms with Gasteiger partial charge >= 0.3 is 0 Å². The Morgan fingerprint density at radius 1 is 1.26 bits per heavy atom. The van der Waals surface area contributed by atoms with Gasteiger partial charge in [-0.2, -0.15) is 0 Å². The molecule has 108 valence electrons. The molecule has 0 bridgehead atoms. The van der Waals surface area contributed by atoms with E-state index in [-0.39, 0.29) is 36.4 Å². The first-order valence-electron chi connectivity index (χ1n) is 6.07. The van der Waals surface area contributed by atoms with Gasteiger partial charge in [-0.15, -0.1) is 24.0 Å². The van der Waals surface area contributed by atoms with Crippen LogP contribution in [0.4, 0.5) is 0 Å². The first kappa shape index (κ1) is 17.8. The van der Waals surface area contributed by atoms with Crippen LogP contribution in [0.3, 0.4) is 0 Å². The van der Waals surface area contributed by atoms with Gasteiger partial charge in [0, 0.05) is 13.1 Å². The van der Waals surface area contributed by atoms with Crippen LogP contribution in [0.15, 0.2) is 27.8 Å². The topological polar surface area (TPSA) is 78.7 Å². The number of nitrogens with one attached hydrogen (secondary N) is 3. The summed E-state index contributed by atoms with van der Waals surface area (Å²) in [5, 5.41) is 8.83. The molecule has 1 rings (SSSR count). The summed E-state index contributed by atoms with van der Waals surface area (Å²) in [6, 6.07) is 3.60. The lowest BCUT2D eigenvalue weighted by Crippen LogP contribution is -2.38. The lowest BCUT2D eigenvalue weighted by Gasteiger charge is -2.08. The molecule has 0 aliphatic heterocycles. The predicted octanol–water partition coefficient (Wildman–Crippen LogP) is 1.09. The highest BCUT2D eigenvalue weighted by Gasteiger charge is 2.02. The van der Waals surface area contributed by atoms with E-state index in [4.69, 9.17) is 4.42 Å². The van der Waals surface area contributed by atoms with Gasteiger partial charge in [0.2, 0.25) is 5.91 Å². The molecule has 0 aromatic carbocycles. The Hall–Kier alpha value is -1.25. The number of amides is 1. The number of carbonyl (C=O) groups is 1. The molecule has 6 nitrogen and oxygen atoms in total. The van der Waals surface area contributed by atoms with E-state index in [1.807, 2.05) is 19.9 Å². The second kappa shape index (κ2) is 10.7. The summed E-state index contributed by atoms with van der Waals surface area (Å²) >= 11 is 0. The van der Waals surface area contributed by atoms with E-state index in [0.717, 1.165) is 18.8 Å². The van der Waals surface area contributed by atoms with E-state index in [9.17, 15) is 4.79 Å². The van der Waals surface area contributed by atoms with Crippen molar-refractivity contribution in [3.63, 3.8) is 0 Å². The number of hydrogen-bond acceptors (Lipinski definition) is 3. The lowest BCUT2D eigenvalue weighted by molar-refractivity contribution is -0.119. The molecule has 3 N–H and O–H groups in total. The maximum absolute atomic E-state index is 11.5. The Balaban J connectivity index is 0.00000324. The summed E-state index contributed by atoms with van der Waals surface area (Å²) in [6.45, 7) is 5.96. The minimum absolute atomic E-state index is 0. The first-order chi connectivity index (χ1) is 8.76. The molecule has 0 aliphatic carbocycles. The number of furan rings is 1. The summed E-state index contributed by atoms with van der Waals surface area (Å²) in [5.41, 5.74) is 0. The maximum atomic E-state index is 11.5. The molecule has 7 heteroatoms. The summed E-state index contributed by atoms with van der Waals surface area (Å²) in [4.78, 5) is 15.7. The Kier molecular flexibility index (Phi) is 9.95. The van der Waals surface area contributed by atoms with Crippen molar-refractivity contribution < 1.29 is 9.21 Å². The van der Waals surface area contributed by atoms with Crippen LogP contribution >= 0.6 is 24.0 Å². The SMILES string of the molecule is CCNC(=NCC(=O)NCc1ccco1)NCC.I. The highest BCUT2D eigenvalue weighted by molar-refractivity contribution is 14.0. The summed E-state index contributed by atoms with van der Waals surface area (Å²) in [6.07, 6.45) is 1.58. The van der Waals surface area contributed by atoms with Crippen LogP contribution in [-0.2, 0) is 11.3 Å². The van der Waals surface area contributed by atoms with Gasteiger partial charge in [-0.25, -0.2) is 4.99 Å². The zero-order chi connectivity index (χ0) is 13.2. The zero-order valence-corrected chi connectivity index (χ0v) is 13.6. The molecule has 1 aromatic heterocycles. The third kappa shape index (κ3) is 7.70. The van der Waals surface area contributed by atoms with Crippen molar-refractivity contribution in [3.8, 4) is 0 Å². The van der Waals surface area contributed by atoms with Crippen molar-refractivity contribution in [2.24, 2.45) is 4.99 Å². The molecular weight excluding hydrogens is 359 g/mol. The molecule has 1 amide bonds. The summed E-state index contributed by atoms with van der Waals surface area (Å²) in [5.74, 6) is 1.23. The number of hydrogen-bond donors (Lipinski definition) is 3. The molecule has 0 atom stereocenters. The van der Waals surface area contributed by atoms with Gasteiger partial charge in [-0.05, 0) is 26.0 Å². The number of nitrogens with zero attached hydrogens (tertiary/aromatic N) is 1. The zero-order valence-electron chi connectivity index (χ0n) is 11.2. The van der Waals surface area contributed by atoms with E-state index in [1.54, 1.807) is 12.3 Å². The molecular formula is C12H21IN4O2. The van der Waals surface area contributed by atoms with E-state index in [2.05, 4.69) is 20.9 Å². The predicted molar refractivity (Wildman–Crippen MR) is 85.6 cm³/mol. The number of guanidine groups is 1. The largest absolute Gasteiger partial charge is 0.467 e. The highest BCUT2D eigenvalue weighted by Crippen LogP contribution is 1.98. The monoisotopic (exact) mass is 380 g/mol. The maximum Gasteiger partial charge on any atom is 0.242 e. The molecule has 0 saturated heterocycles. The molecule has 1 heterocycles. The standard InChI is InChI=1S/C12H20N4O2.HI/c1-3-13-12(14-4-2)16-9-11(17)15-8-10-6-5-7-18-10;/h5-7H,3-4,8-9H2,1-2H3,(H,15,17)(H2,13,14,16);1H. The van der Waals surface area contributed by atoms with Crippen LogP contribution in [0.5, 0.6) is 0 Å². The fourth-order valence-corrected chi connectivity index (χ4v) is 1.31. The summed E-state index contributed by atoms with van der Waals surface area (Å²) < 4.78 is 5.11. The first-order valence-corrected chi connectivity index (χ1v) is 6.07. The van der Waals surface area contributed by atoms with Crippen molar-refractivity contribution in [2.45, 2.75) is 20.4 Å². The third-order valence-electron chi connectivity index (χ3n) is 2.11. The highest BCUT2D eigenvalue weighted by atomic mass is 127. The molecule has 0 fully saturated rings. The van der Waals surface area contributed by atoms with Crippen molar-refractivity contribution in [1.29, 1.82) is 0 Å². The van der Waals surface area contributed by atoms with Crippen molar-refractivity contribution >= 4 is 35.8 Å². The van der Waals surface area contributed by atoms with E-state index < -0.39 is 0 Å².